The lowest BCUT2D eigenvalue weighted by Crippen LogP contribution is -2.35. The maximum atomic E-state index is 13.1. The SMILES string of the molecule is CC(=O)N1CCCCCCCN(C(C)C)Cc2cc(C(=O)NCCCn3ccnc3C(C)C)ccc21. The standard InChI is InChI=1S/C29H45N5O2/c1-22(2)28-30-15-19-32(28)17-11-14-31-29(36)25-12-13-27-26(20-25)21-33(23(3)4)16-9-7-6-8-10-18-34(27)24(5)35/h12-13,15,19-20,22-23H,6-11,14,16-18,21H2,1-5H3,(H,31,36). The Balaban J connectivity index is 1.74. The third-order valence-corrected chi connectivity index (χ3v) is 7.07. The predicted octanol–water partition coefficient (Wildman–Crippen LogP) is 5.35. The van der Waals surface area contributed by atoms with Crippen LogP contribution in [-0.2, 0) is 17.9 Å². The highest BCUT2D eigenvalue weighted by Gasteiger charge is 2.21. The Morgan fingerprint density at radius 2 is 1.75 bits per heavy atom. The molecule has 1 N–H and O–H groups in total. The Morgan fingerprint density at radius 1 is 1.03 bits per heavy atom. The molecule has 2 heterocycles. The van der Waals surface area contributed by atoms with E-state index in [1.54, 1.807) is 6.92 Å². The largest absolute Gasteiger partial charge is 0.352 e. The minimum absolute atomic E-state index is 0.0573. The summed E-state index contributed by atoms with van der Waals surface area (Å²) in [6, 6.07) is 6.22. The van der Waals surface area contributed by atoms with Crippen LogP contribution >= 0.6 is 0 Å². The summed E-state index contributed by atoms with van der Waals surface area (Å²) in [6.45, 7) is 14.3. The summed E-state index contributed by atoms with van der Waals surface area (Å²) in [6.07, 6.45) is 10.4. The summed E-state index contributed by atoms with van der Waals surface area (Å²) in [5, 5.41) is 3.09. The van der Waals surface area contributed by atoms with Gasteiger partial charge in [-0.25, -0.2) is 4.98 Å². The van der Waals surface area contributed by atoms with E-state index >= 15 is 0 Å². The van der Waals surface area contributed by atoms with Crippen molar-refractivity contribution in [2.75, 3.05) is 24.5 Å². The van der Waals surface area contributed by atoms with Gasteiger partial charge in [-0.1, -0.05) is 33.1 Å². The molecule has 1 aromatic heterocycles. The maximum Gasteiger partial charge on any atom is 0.251 e. The molecule has 1 aliphatic rings. The van der Waals surface area contributed by atoms with E-state index in [4.69, 9.17) is 0 Å². The van der Waals surface area contributed by atoms with Gasteiger partial charge in [0.1, 0.15) is 5.82 Å². The zero-order valence-corrected chi connectivity index (χ0v) is 22.9. The molecule has 0 saturated carbocycles. The summed E-state index contributed by atoms with van der Waals surface area (Å²) in [7, 11) is 0. The molecule has 1 aliphatic heterocycles. The van der Waals surface area contributed by atoms with Crippen LogP contribution in [0.15, 0.2) is 30.6 Å². The number of aryl methyl sites for hydroxylation is 1. The first-order valence-electron chi connectivity index (χ1n) is 13.7. The number of nitrogens with one attached hydrogen (secondary N) is 1. The number of rotatable bonds is 7. The first-order chi connectivity index (χ1) is 17.3. The van der Waals surface area contributed by atoms with Crippen molar-refractivity contribution < 1.29 is 9.59 Å². The van der Waals surface area contributed by atoms with Crippen molar-refractivity contribution in [3.8, 4) is 0 Å². The highest BCUT2D eigenvalue weighted by molar-refractivity contribution is 5.97. The normalized spacial score (nSPS) is 15.9. The van der Waals surface area contributed by atoms with Crippen molar-refractivity contribution in [2.24, 2.45) is 0 Å². The number of hydrogen-bond donors (Lipinski definition) is 1. The van der Waals surface area contributed by atoms with Crippen LogP contribution in [0.3, 0.4) is 0 Å². The van der Waals surface area contributed by atoms with Gasteiger partial charge in [-0.05, 0) is 63.4 Å². The molecule has 0 aliphatic carbocycles. The summed E-state index contributed by atoms with van der Waals surface area (Å²) in [5.74, 6) is 1.44. The van der Waals surface area contributed by atoms with Gasteiger partial charge in [-0.2, -0.15) is 0 Å². The van der Waals surface area contributed by atoms with E-state index in [1.807, 2.05) is 35.5 Å². The molecule has 2 amide bonds. The Kier molecular flexibility index (Phi) is 10.5. The average Bonchev–Trinajstić information content (AvgIpc) is 3.30. The number of benzene rings is 1. The van der Waals surface area contributed by atoms with Crippen LogP contribution in [0.1, 0.15) is 101 Å². The fourth-order valence-corrected chi connectivity index (χ4v) is 4.98. The smallest absolute Gasteiger partial charge is 0.251 e. The molecule has 7 heteroatoms. The van der Waals surface area contributed by atoms with Gasteiger partial charge in [0.2, 0.25) is 5.91 Å². The van der Waals surface area contributed by atoms with Gasteiger partial charge in [0.05, 0.1) is 0 Å². The highest BCUT2D eigenvalue weighted by atomic mass is 16.2. The topological polar surface area (TPSA) is 70.5 Å². The van der Waals surface area contributed by atoms with E-state index in [2.05, 4.69) is 47.5 Å². The second-order valence-electron chi connectivity index (χ2n) is 10.6. The lowest BCUT2D eigenvalue weighted by molar-refractivity contribution is -0.116. The number of aromatic nitrogens is 2. The highest BCUT2D eigenvalue weighted by Crippen LogP contribution is 2.26. The molecule has 7 nitrogen and oxygen atoms in total. The van der Waals surface area contributed by atoms with Gasteiger partial charge in [-0.3, -0.25) is 14.5 Å². The molecule has 36 heavy (non-hydrogen) atoms. The minimum Gasteiger partial charge on any atom is -0.352 e. The monoisotopic (exact) mass is 495 g/mol. The van der Waals surface area contributed by atoms with Crippen molar-refractivity contribution in [1.82, 2.24) is 19.8 Å². The van der Waals surface area contributed by atoms with Crippen LogP contribution in [0.4, 0.5) is 5.69 Å². The Bertz CT molecular complexity index is 997. The van der Waals surface area contributed by atoms with Gasteiger partial charge in [-0.15, -0.1) is 0 Å². The van der Waals surface area contributed by atoms with Crippen LogP contribution in [0, 0.1) is 0 Å². The van der Waals surface area contributed by atoms with Crippen molar-refractivity contribution in [2.45, 2.75) is 98.2 Å². The van der Waals surface area contributed by atoms with Crippen molar-refractivity contribution in [3.63, 3.8) is 0 Å². The van der Waals surface area contributed by atoms with Crippen molar-refractivity contribution in [3.05, 3.63) is 47.5 Å². The van der Waals surface area contributed by atoms with Crippen LogP contribution in [-0.4, -0.2) is 51.9 Å². The first-order valence-corrected chi connectivity index (χ1v) is 13.7. The molecule has 2 aromatic rings. The number of nitrogens with zero attached hydrogens (tertiary/aromatic N) is 4. The van der Waals surface area contributed by atoms with E-state index < -0.39 is 0 Å². The molecule has 3 rings (SSSR count). The quantitative estimate of drug-likeness (QED) is 0.526. The molecule has 0 radical (unpaired) electrons. The van der Waals surface area contributed by atoms with Crippen LogP contribution in [0.2, 0.25) is 0 Å². The molecule has 0 atom stereocenters. The van der Waals surface area contributed by atoms with E-state index in [0.717, 1.165) is 62.5 Å². The fraction of sp³-hybridized carbons (Fsp3) is 0.621. The zero-order chi connectivity index (χ0) is 26.1. The molecule has 0 fully saturated rings. The van der Waals surface area contributed by atoms with E-state index in [0.29, 0.717) is 24.1 Å². The minimum atomic E-state index is -0.0656. The number of fused-ring (bicyclic) bond motifs is 1. The van der Waals surface area contributed by atoms with Crippen molar-refractivity contribution >= 4 is 17.5 Å². The maximum absolute atomic E-state index is 13.1. The third kappa shape index (κ3) is 7.66. The summed E-state index contributed by atoms with van der Waals surface area (Å²) < 4.78 is 2.16. The second kappa shape index (κ2) is 13.6. The van der Waals surface area contributed by atoms with Gasteiger partial charge in [0.15, 0.2) is 0 Å². The number of imidazole rings is 1. The zero-order valence-electron chi connectivity index (χ0n) is 22.9. The van der Waals surface area contributed by atoms with Crippen LogP contribution in [0.5, 0.6) is 0 Å². The fourth-order valence-electron chi connectivity index (χ4n) is 4.98. The molecule has 0 spiro atoms. The number of anilines is 1. The lowest BCUT2D eigenvalue weighted by atomic mass is 10.0. The van der Waals surface area contributed by atoms with Gasteiger partial charge >= 0.3 is 0 Å². The summed E-state index contributed by atoms with van der Waals surface area (Å²) in [4.78, 5) is 34.4. The number of amides is 2. The molecule has 1 aromatic carbocycles. The third-order valence-electron chi connectivity index (χ3n) is 7.07. The van der Waals surface area contributed by atoms with Crippen LogP contribution in [0.25, 0.3) is 0 Å². The lowest BCUT2D eigenvalue weighted by Gasteiger charge is -2.31. The predicted molar refractivity (Wildman–Crippen MR) is 146 cm³/mol. The number of carbonyl (C=O) groups excluding carboxylic acids is 2. The molecular formula is C29H45N5O2. The van der Waals surface area contributed by atoms with Crippen LogP contribution < -0.4 is 10.2 Å². The van der Waals surface area contributed by atoms with E-state index in [1.165, 1.54) is 19.3 Å². The van der Waals surface area contributed by atoms with Gasteiger partial charge < -0.3 is 14.8 Å². The van der Waals surface area contributed by atoms with Gasteiger partial charge in [0.25, 0.3) is 5.91 Å². The Labute approximate surface area is 217 Å². The first kappa shape index (κ1) is 27.9. The molecule has 198 valence electrons. The molecule has 0 saturated heterocycles. The second-order valence-corrected chi connectivity index (χ2v) is 10.6. The van der Waals surface area contributed by atoms with E-state index in [-0.39, 0.29) is 11.8 Å². The van der Waals surface area contributed by atoms with Crippen molar-refractivity contribution in [1.29, 1.82) is 0 Å². The average molecular weight is 496 g/mol. The van der Waals surface area contributed by atoms with Gasteiger partial charge in [0, 0.05) is 68.7 Å². The summed E-state index contributed by atoms with van der Waals surface area (Å²) >= 11 is 0. The number of carbonyl (C=O) groups is 2. The Hall–Kier alpha value is -2.67. The molecule has 0 bridgehead atoms. The number of hydrogen-bond acceptors (Lipinski definition) is 4. The molecular weight excluding hydrogens is 450 g/mol. The summed E-state index contributed by atoms with van der Waals surface area (Å²) in [5.41, 5.74) is 2.64. The Morgan fingerprint density at radius 3 is 2.44 bits per heavy atom. The van der Waals surface area contributed by atoms with E-state index in [9.17, 15) is 9.59 Å². The molecule has 0 unspecified atom stereocenters.